The van der Waals surface area contributed by atoms with Gasteiger partial charge in [0.25, 0.3) is 5.91 Å². The predicted octanol–water partition coefficient (Wildman–Crippen LogP) is 3.72. The summed E-state index contributed by atoms with van der Waals surface area (Å²) in [5, 5.41) is 2.03. The molecule has 0 spiro atoms. The number of hydrogen-bond donors (Lipinski definition) is 1. The number of nitrogens with one attached hydrogen (secondary N) is 1. The van der Waals surface area contributed by atoms with Gasteiger partial charge in [0.2, 0.25) is 0 Å². The van der Waals surface area contributed by atoms with Gasteiger partial charge in [-0.05, 0) is 17.7 Å². The molecule has 0 radical (unpaired) electrons. The topological polar surface area (TPSA) is 29.1 Å². The van der Waals surface area contributed by atoms with Crippen LogP contribution in [0.1, 0.15) is 22.0 Å². The van der Waals surface area contributed by atoms with Crippen LogP contribution >= 0.6 is 0 Å². The van der Waals surface area contributed by atoms with Crippen molar-refractivity contribution in [2.45, 2.75) is 12.2 Å². The molecule has 1 atom stereocenters. The Kier molecular flexibility index (Phi) is 4.08. The molecule has 0 unspecified atom stereocenters. The average Bonchev–Trinajstić information content (AvgIpc) is 2.45. The van der Waals surface area contributed by atoms with E-state index in [2.05, 4.69) is 0 Å². The Morgan fingerprint density at radius 3 is 1.90 bits per heavy atom. The highest BCUT2D eigenvalue weighted by Gasteiger charge is 2.41. The van der Waals surface area contributed by atoms with Crippen molar-refractivity contribution in [3.8, 4) is 0 Å². The number of benzene rings is 2. The second kappa shape index (κ2) is 5.77. The van der Waals surface area contributed by atoms with Crippen LogP contribution in [0.3, 0.4) is 0 Å². The molecule has 0 aliphatic heterocycles. The molecular weight excluding hydrogens is 267 g/mol. The van der Waals surface area contributed by atoms with E-state index in [9.17, 15) is 18.0 Å². The lowest BCUT2D eigenvalue weighted by molar-refractivity contribution is -0.155. The van der Waals surface area contributed by atoms with Crippen LogP contribution in [-0.4, -0.2) is 12.1 Å². The van der Waals surface area contributed by atoms with Crippen molar-refractivity contribution in [1.82, 2.24) is 5.32 Å². The second-order valence-corrected chi connectivity index (χ2v) is 4.22. The van der Waals surface area contributed by atoms with Gasteiger partial charge in [-0.1, -0.05) is 48.5 Å². The summed E-state index contributed by atoms with van der Waals surface area (Å²) >= 11 is 0. The average molecular weight is 279 g/mol. The third kappa shape index (κ3) is 3.38. The Morgan fingerprint density at radius 2 is 1.40 bits per heavy atom. The largest absolute Gasteiger partial charge is 0.412 e. The maximum absolute atomic E-state index is 13.1. The van der Waals surface area contributed by atoms with Crippen LogP contribution in [0.2, 0.25) is 0 Å². The first-order valence-electron chi connectivity index (χ1n) is 5.96. The number of rotatable bonds is 3. The number of amides is 1. The zero-order valence-electron chi connectivity index (χ0n) is 10.4. The Morgan fingerprint density at radius 1 is 0.900 bits per heavy atom. The van der Waals surface area contributed by atoms with E-state index in [1.807, 2.05) is 5.32 Å². The molecule has 2 nitrogen and oxygen atoms in total. The van der Waals surface area contributed by atoms with Crippen LogP contribution in [0.5, 0.6) is 0 Å². The quantitative estimate of drug-likeness (QED) is 0.911. The summed E-state index contributed by atoms with van der Waals surface area (Å²) in [6, 6.07) is 13.1. The first-order valence-corrected chi connectivity index (χ1v) is 5.96. The molecule has 0 fully saturated rings. The van der Waals surface area contributed by atoms with Crippen molar-refractivity contribution in [2.24, 2.45) is 0 Å². The fraction of sp³-hybridized carbons (Fsp3) is 0.133. The fourth-order valence-electron chi connectivity index (χ4n) is 1.80. The zero-order chi connectivity index (χ0) is 14.6. The van der Waals surface area contributed by atoms with Crippen LogP contribution in [0, 0.1) is 0 Å². The Bertz CT molecular complexity index is 567. The van der Waals surface area contributed by atoms with Crippen LogP contribution in [0.15, 0.2) is 60.7 Å². The van der Waals surface area contributed by atoms with Crippen LogP contribution < -0.4 is 5.32 Å². The molecule has 1 amide bonds. The van der Waals surface area contributed by atoms with Gasteiger partial charge in [0, 0.05) is 5.56 Å². The molecule has 2 aromatic rings. The maximum Gasteiger partial charge on any atom is 0.412 e. The fourth-order valence-corrected chi connectivity index (χ4v) is 1.80. The van der Waals surface area contributed by atoms with Crippen LogP contribution in [0.4, 0.5) is 13.2 Å². The van der Waals surface area contributed by atoms with Crippen LogP contribution in [0.25, 0.3) is 0 Å². The molecule has 0 aliphatic carbocycles. The highest BCUT2D eigenvalue weighted by Crippen LogP contribution is 2.32. The van der Waals surface area contributed by atoms with Crippen molar-refractivity contribution >= 4 is 5.91 Å². The van der Waals surface area contributed by atoms with Gasteiger partial charge >= 0.3 is 6.18 Å². The molecule has 0 saturated heterocycles. The zero-order valence-corrected chi connectivity index (χ0v) is 10.4. The summed E-state index contributed by atoms with van der Waals surface area (Å²) in [5.74, 6) is -0.753. The van der Waals surface area contributed by atoms with Gasteiger partial charge in [-0.3, -0.25) is 4.79 Å². The summed E-state index contributed by atoms with van der Waals surface area (Å²) in [7, 11) is 0. The van der Waals surface area contributed by atoms with Gasteiger partial charge in [-0.15, -0.1) is 0 Å². The van der Waals surface area contributed by atoms with E-state index in [1.165, 1.54) is 36.4 Å². The summed E-state index contributed by atoms with van der Waals surface area (Å²) in [4.78, 5) is 11.9. The lowest BCUT2D eigenvalue weighted by Crippen LogP contribution is -2.38. The molecule has 0 aliphatic rings. The number of alkyl halides is 3. The minimum atomic E-state index is -4.55. The minimum Gasteiger partial charge on any atom is -0.337 e. The molecule has 2 rings (SSSR count). The van der Waals surface area contributed by atoms with Crippen molar-refractivity contribution < 1.29 is 18.0 Å². The van der Waals surface area contributed by atoms with Gasteiger partial charge in [0.05, 0.1) is 0 Å². The molecule has 2 aromatic carbocycles. The minimum absolute atomic E-state index is 0.00396. The lowest BCUT2D eigenvalue weighted by atomic mass is 10.1. The molecule has 1 N–H and O–H groups in total. The highest BCUT2D eigenvalue weighted by atomic mass is 19.4. The predicted molar refractivity (Wildman–Crippen MR) is 69.1 cm³/mol. The summed E-state index contributed by atoms with van der Waals surface area (Å²) < 4.78 is 39.2. The van der Waals surface area contributed by atoms with E-state index in [0.29, 0.717) is 0 Å². The summed E-state index contributed by atoms with van der Waals surface area (Å²) in [6.45, 7) is 0. The SMILES string of the molecule is O=C(N[C@H](c1ccccc1)C(F)(F)F)c1ccccc1. The van der Waals surface area contributed by atoms with E-state index >= 15 is 0 Å². The number of carbonyl (C=O) groups is 1. The van der Waals surface area contributed by atoms with Gasteiger partial charge in [0.15, 0.2) is 6.04 Å². The first-order chi connectivity index (χ1) is 9.48. The summed E-state index contributed by atoms with van der Waals surface area (Å²) in [5.41, 5.74) is 0.196. The molecule has 0 heterocycles. The van der Waals surface area contributed by atoms with Crippen molar-refractivity contribution in [3.63, 3.8) is 0 Å². The molecule has 5 heteroatoms. The van der Waals surface area contributed by atoms with Crippen molar-refractivity contribution in [3.05, 3.63) is 71.8 Å². The van der Waals surface area contributed by atoms with E-state index in [0.717, 1.165) is 0 Å². The molecule has 0 saturated carbocycles. The standard InChI is InChI=1S/C15H12F3NO/c16-15(17,18)13(11-7-3-1-4-8-11)19-14(20)12-9-5-2-6-10-12/h1-10,13H,(H,19,20)/t13-/m1/s1. The molecular formula is C15H12F3NO. The molecule has 0 bridgehead atoms. The Labute approximate surface area is 114 Å². The monoisotopic (exact) mass is 279 g/mol. The van der Waals surface area contributed by atoms with Gasteiger partial charge in [0.1, 0.15) is 0 Å². The number of hydrogen-bond acceptors (Lipinski definition) is 1. The molecule has 20 heavy (non-hydrogen) atoms. The van der Waals surface area contributed by atoms with Crippen molar-refractivity contribution in [1.29, 1.82) is 0 Å². The number of halogens is 3. The van der Waals surface area contributed by atoms with Crippen LogP contribution in [-0.2, 0) is 0 Å². The van der Waals surface area contributed by atoms with E-state index in [1.54, 1.807) is 24.3 Å². The smallest absolute Gasteiger partial charge is 0.337 e. The normalized spacial score (nSPS) is 12.8. The summed E-state index contributed by atoms with van der Waals surface area (Å²) in [6.07, 6.45) is -4.55. The lowest BCUT2D eigenvalue weighted by Gasteiger charge is -2.22. The molecule has 0 aromatic heterocycles. The van der Waals surface area contributed by atoms with Crippen molar-refractivity contribution in [2.75, 3.05) is 0 Å². The van der Waals surface area contributed by atoms with E-state index < -0.39 is 18.1 Å². The Hall–Kier alpha value is -2.30. The second-order valence-electron chi connectivity index (χ2n) is 4.22. The van der Waals surface area contributed by atoms with Gasteiger partial charge in [-0.25, -0.2) is 0 Å². The van der Waals surface area contributed by atoms with E-state index in [4.69, 9.17) is 0 Å². The maximum atomic E-state index is 13.1. The highest BCUT2D eigenvalue weighted by molar-refractivity contribution is 5.94. The van der Waals surface area contributed by atoms with Gasteiger partial charge < -0.3 is 5.32 Å². The third-order valence-electron chi connectivity index (χ3n) is 2.77. The van der Waals surface area contributed by atoms with Gasteiger partial charge in [-0.2, -0.15) is 13.2 Å². The third-order valence-corrected chi connectivity index (χ3v) is 2.77. The Balaban J connectivity index is 2.24. The van der Waals surface area contributed by atoms with E-state index in [-0.39, 0.29) is 11.1 Å². The molecule has 104 valence electrons. The first kappa shape index (κ1) is 14.1. The number of carbonyl (C=O) groups excluding carboxylic acids is 1.